The van der Waals surface area contributed by atoms with Crippen LogP contribution in [0.5, 0.6) is 5.75 Å². The molecule has 0 saturated carbocycles. The van der Waals surface area contributed by atoms with Crippen LogP contribution in [-0.4, -0.2) is 25.5 Å². The van der Waals surface area contributed by atoms with Crippen molar-refractivity contribution in [3.63, 3.8) is 0 Å². The number of hydrogen-bond acceptors (Lipinski definition) is 5. The molecule has 6 nitrogen and oxygen atoms in total. The fraction of sp³-hybridized carbons (Fsp3) is 0.263. The van der Waals surface area contributed by atoms with Crippen LogP contribution in [0.15, 0.2) is 48.5 Å². The quantitative estimate of drug-likeness (QED) is 0.755. The van der Waals surface area contributed by atoms with Crippen LogP contribution in [0.25, 0.3) is 0 Å². The number of nitrogens with one attached hydrogen (secondary N) is 1. The molecule has 1 atom stereocenters. The standard InChI is InChI=1S/C19H22N2O4/c1-13(11-20)18(22)21-16-10-15(19(23)24-2)8-9-17(16)25-12-14-6-4-3-5-7-14/h3-10,13H,11-12,20H2,1-2H3,(H,21,22). The van der Waals surface area contributed by atoms with Gasteiger partial charge in [-0.2, -0.15) is 0 Å². The monoisotopic (exact) mass is 342 g/mol. The van der Waals surface area contributed by atoms with Crippen LogP contribution in [0.2, 0.25) is 0 Å². The maximum atomic E-state index is 12.2. The number of ether oxygens (including phenoxy) is 2. The Labute approximate surface area is 146 Å². The Morgan fingerprint density at radius 2 is 1.88 bits per heavy atom. The first kappa shape index (κ1) is 18.5. The first-order chi connectivity index (χ1) is 12.0. The summed E-state index contributed by atoms with van der Waals surface area (Å²) in [5.41, 5.74) is 7.26. The molecule has 0 heterocycles. The van der Waals surface area contributed by atoms with Gasteiger partial charge in [0.05, 0.1) is 18.4 Å². The normalized spacial score (nSPS) is 11.5. The molecule has 3 N–H and O–H groups in total. The second-order valence-corrected chi connectivity index (χ2v) is 5.60. The number of carbonyl (C=O) groups excluding carboxylic acids is 2. The van der Waals surface area contributed by atoms with E-state index in [0.717, 1.165) is 5.56 Å². The van der Waals surface area contributed by atoms with E-state index in [-0.39, 0.29) is 18.4 Å². The number of esters is 1. The van der Waals surface area contributed by atoms with Crippen molar-refractivity contribution < 1.29 is 19.1 Å². The summed E-state index contributed by atoms with van der Waals surface area (Å²) in [6, 6.07) is 14.4. The van der Waals surface area contributed by atoms with E-state index in [1.165, 1.54) is 13.2 Å². The highest BCUT2D eigenvalue weighted by molar-refractivity contribution is 5.97. The molecule has 0 bridgehead atoms. The molecule has 0 radical (unpaired) electrons. The fourth-order valence-electron chi connectivity index (χ4n) is 2.10. The van der Waals surface area contributed by atoms with Gasteiger partial charge in [0, 0.05) is 12.5 Å². The summed E-state index contributed by atoms with van der Waals surface area (Å²) in [6.45, 7) is 2.29. The highest BCUT2D eigenvalue weighted by atomic mass is 16.5. The molecule has 0 spiro atoms. The van der Waals surface area contributed by atoms with Gasteiger partial charge in [0.2, 0.25) is 5.91 Å². The van der Waals surface area contributed by atoms with Gasteiger partial charge in [0.25, 0.3) is 0 Å². The lowest BCUT2D eigenvalue weighted by atomic mass is 10.1. The molecule has 1 amide bonds. The molecular weight excluding hydrogens is 320 g/mol. The maximum absolute atomic E-state index is 12.2. The molecule has 2 aromatic rings. The zero-order valence-corrected chi connectivity index (χ0v) is 14.3. The summed E-state index contributed by atoms with van der Waals surface area (Å²) in [7, 11) is 1.30. The topological polar surface area (TPSA) is 90.6 Å². The van der Waals surface area contributed by atoms with Crippen LogP contribution in [0.3, 0.4) is 0 Å². The Kier molecular flexibility index (Phi) is 6.54. The van der Waals surface area contributed by atoms with E-state index >= 15 is 0 Å². The third kappa shape index (κ3) is 5.06. The maximum Gasteiger partial charge on any atom is 0.337 e. The van der Waals surface area contributed by atoms with Gasteiger partial charge in [-0.05, 0) is 23.8 Å². The number of anilines is 1. The number of rotatable bonds is 7. The van der Waals surface area contributed by atoms with E-state index in [0.29, 0.717) is 23.6 Å². The van der Waals surface area contributed by atoms with Crippen molar-refractivity contribution in [2.75, 3.05) is 19.0 Å². The molecule has 0 aliphatic heterocycles. The molecule has 132 valence electrons. The van der Waals surface area contributed by atoms with Crippen LogP contribution in [-0.2, 0) is 16.1 Å². The zero-order chi connectivity index (χ0) is 18.2. The Morgan fingerprint density at radius 3 is 2.52 bits per heavy atom. The fourth-order valence-corrected chi connectivity index (χ4v) is 2.10. The molecule has 0 fully saturated rings. The highest BCUT2D eigenvalue weighted by Gasteiger charge is 2.16. The van der Waals surface area contributed by atoms with Crippen LogP contribution in [0, 0.1) is 5.92 Å². The van der Waals surface area contributed by atoms with E-state index in [2.05, 4.69) is 5.32 Å². The summed E-state index contributed by atoms with van der Waals surface area (Å²) in [5, 5.41) is 2.77. The molecular formula is C19H22N2O4. The Morgan fingerprint density at radius 1 is 1.16 bits per heavy atom. The second-order valence-electron chi connectivity index (χ2n) is 5.60. The minimum Gasteiger partial charge on any atom is -0.487 e. The lowest BCUT2D eigenvalue weighted by Crippen LogP contribution is -2.27. The number of hydrogen-bond donors (Lipinski definition) is 2. The van der Waals surface area contributed by atoms with Gasteiger partial charge in [0.1, 0.15) is 12.4 Å². The number of carbonyl (C=O) groups is 2. The zero-order valence-electron chi connectivity index (χ0n) is 14.3. The van der Waals surface area contributed by atoms with Gasteiger partial charge in [-0.1, -0.05) is 37.3 Å². The molecule has 6 heteroatoms. The second kappa shape index (κ2) is 8.84. The molecule has 0 aliphatic rings. The summed E-state index contributed by atoms with van der Waals surface area (Å²) in [5.74, 6) is -0.621. The number of amides is 1. The smallest absolute Gasteiger partial charge is 0.337 e. The molecule has 2 rings (SSSR count). The van der Waals surface area contributed by atoms with Gasteiger partial charge >= 0.3 is 5.97 Å². The molecule has 0 aliphatic carbocycles. The van der Waals surface area contributed by atoms with Crippen molar-refractivity contribution in [1.29, 1.82) is 0 Å². The third-order valence-electron chi connectivity index (χ3n) is 3.70. The molecule has 0 aromatic heterocycles. The average molecular weight is 342 g/mol. The highest BCUT2D eigenvalue weighted by Crippen LogP contribution is 2.27. The van der Waals surface area contributed by atoms with Crippen molar-refractivity contribution in [2.24, 2.45) is 11.7 Å². The Balaban J connectivity index is 2.23. The van der Waals surface area contributed by atoms with E-state index in [9.17, 15) is 9.59 Å². The summed E-state index contributed by atoms with van der Waals surface area (Å²) in [6.07, 6.45) is 0. The third-order valence-corrected chi connectivity index (χ3v) is 3.70. The van der Waals surface area contributed by atoms with Crippen LogP contribution in [0.4, 0.5) is 5.69 Å². The molecule has 2 aromatic carbocycles. The van der Waals surface area contributed by atoms with Crippen molar-refractivity contribution >= 4 is 17.6 Å². The summed E-state index contributed by atoms with van der Waals surface area (Å²) in [4.78, 5) is 23.9. The summed E-state index contributed by atoms with van der Waals surface area (Å²) < 4.78 is 10.5. The van der Waals surface area contributed by atoms with Crippen LogP contribution >= 0.6 is 0 Å². The van der Waals surface area contributed by atoms with Gasteiger partial charge in [-0.25, -0.2) is 4.79 Å². The van der Waals surface area contributed by atoms with Crippen molar-refractivity contribution in [3.8, 4) is 5.75 Å². The Bertz CT molecular complexity index is 731. The van der Waals surface area contributed by atoms with Gasteiger partial charge in [-0.15, -0.1) is 0 Å². The van der Waals surface area contributed by atoms with Gasteiger partial charge < -0.3 is 20.5 Å². The number of benzene rings is 2. The van der Waals surface area contributed by atoms with E-state index in [4.69, 9.17) is 15.2 Å². The predicted molar refractivity (Wildman–Crippen MR) is 95.4 cm³/mol. The van der Waals surface area contributed by atoms with Crippen LogP contribution < -0.4 is 15.8 Å². The van der Waals surface area contributed by atoms with E-state index in [1.807, 2.05) is 30.3 Å². The molecule has 0 saturated heterocycles. The number of methoxy groups -OCH3 is 1. The summed E-state index contributed by atoms with van der Waals surface area (Å²) >= 11 is 0. The van der Waals surface area contributed by atoms with Crippen LogP contribution in [0.1, 0.15) is 22.8 Å². The SMILES string of the molecule is COC(=O)c1ccc(OCc2ccccc2)c(NC(=O)C(C)CN)c1. The minimum atomic E-state index is -0.489. The van der Waals surface area contributed by atoms with Crippen molar-refractivity contribution in [3.05, 3.63) is 59.7 Å². The average Bonchev–Trinajstić information content (AvgIpc) is 2.66. The lowest BCUT2D eigenvalue weighted by Gasteiger charge is -2.15. The van der Waals surface area contributed by atoms with Crippen molar-refractivity contribution in [1.82, 2.24) is 0 Å². The lowest BCUT2D eigenvalue weighted by molar-refractivity contribution is -0.119. The number of nitrogens with two attached hydrogens (primary N) is 1. The first-order valence-electron chi connectivity index (χ1n) is 7.95. The largest absolute Gasteiger partial charge is 0.487 e. The van der Waals surface area contributed by atoms with E-state index in [1.54, 1.807) is 19.1 Å². The van der Waals surface area contributed by atoms with Gasteiger partial charge in [-0.3, -0.25) is 4.79 Å². The predicted octanol–water partition coefficient (Wildman–Crippen LogP) is 2.59. The first-order valence-corrected chi connectivity index (χ1v) is 7.95. The Hall–Kier alpha value is -2.86. The molecule has 25 heavy (non-hydrogen) atoms. The van der Waals surface area contributed by atoms with E-state index < -0.39 is 5.97 Å². The van der Waals surface area contributed by atoms with Crippen molar-refractivity contribution in [2.45, 2.75) is 13.5 Å². The van der Waals surface area contributed by atoms with Gasteiger partial charge in [0.15, 0.2) is 0 Å². The minimum absolute atomic E-state index is 0.225. The molecule has 1 unspecified atom stereocenters.